The van der Waals surface area contributed by atoms with Crippen molar-refractivity contribution >= 4 is 28.4 Å². The number of aliphatic hydroxyl groups excluding tert-OH is 1. The zero-order chi connectivity index (χ0) is 24.4. The molecule has 180 valence electrons. The molecule has 1 aromatic carbocycles. The number of hydrogen-bond donors (Lipinski definition) is 4. The molecule has 5 N–H and O–H groups in total. The van der Waals surface area contributed by atoms with Crippen LogP contribution in [0.1, 0.15) is 41.3 Å². The molecule has 3 aromatic heterocycles. The zero-order valence-electron chi connectivity index (χ0n) is 19.7. The van der Waals surface area contributed by atoms with Crippen molar-refractivity contribution in [3.63, 3.8) is 0 Å². The summed E-state index contributed by atoms with van der Waals surface area (Å²) in [4.78, 5) is 31.0. The van der Waals surface area contributed by atoms with Crippen LogP contribution in [0.25, 0.3) is 22.6 Å². The monoisotopic (exact) mass is 471 g/mol. The third-order valence-corrected chi connectivity index (χ3v) is 6.49. The van der Waals surface area contributed by atoms with E-state index >= 15 is 0 Å². The molecule has 1 aliphatic rings. The van der Waals surface area contributed by atoms with Gasteiger partial charge in [0.2, 0.25) is 0 Å². The number of fused-ring (bicyclic) bond motifs is 1. The Bertz CT molecular complexity index is 1350. The van der Waals surface area contributed by atoms with Gasteiger partial charge in [0.25, 0.3) is 5.91 Å². The summed E-state index contributed by atoms with van der Waals surface area (Å²) in [5.41, 5.74) is 11.7. The van der Waals surface area contributed by atoms with Gasteiger partial charge >= 0.3 is 0 Å². The third-order valence-electron chi connectivity index (χ3n) is 6.49. The summed E-state index contributed by atoms with van der Waals surface area (Å²) >= 11 is 0. The summed E-state index contributed by atoms with van der Waals surface area (Å²) in [5.74, 6) is 0.0551. The summed E-state index contributed by atoms with van der Waals surface area (Å²) < 4.78 is 0. The number of benzene rings is 1. The highest BCUT2D eigenvalue weighted by atomic mass is 16.3. The SMILES string of the molecule is CCc1c(CN2CCCC(O)C2)cccc1Nc1c(C(N)=O)cnc2[nH]c(-c3ccncc3)nc12. The van der Waals surface area contributed by atoms with Crippen molar-refractivity contribution in [1.29, 1.82) is 0 Å². The number of likely N-dealkylation sites (tertiary alicyclic amines) is 1. The number of nitrogens with zero attached hydrogens (tertiary/aromatic N) is 4. The maximum atomic E-state index is 12.3. The van der Waals surface area contributed by atoms with Crippen molar-refractivity contribution in [2.45, 2.75) is 38.8 Å². The van der Waals surface area contributed by atoms with E-state index in [1.54, 1.807) is 12.4 Å². The van der Waals surface area contributed by atoms with Gasteiger partial charge in [-0.05, 0) is 55.1 Å². The fourth-order valence-electron chi connectivity index (χ4n) is 4.78. The second kappa shape index (κ2) is 9.81. The maximum absolute atomic E-state index is 12.3. The van der Waals surface area contributed by atoms with Crippen molar-refractivity contribution in [1.82, 2.24) is 24.8 Å². The molecule has 4 aromatic rings. The normalized spacial score (nSPS) is 16.5. The highest BCUT2D eigenvalue weighted by Crippen LogP contribution is 2.32. The third kappa shape index (κ3) is 4.73. The second-order valence-corrected chi connectivity index (χ2v) is 8.88. The van der Waals surface area contributed by atoms with Crippen LogP contribution in [0.3, 0.4) is 0 Å². The van der Waals surface area contributed by atoms with Gasteiger partial charge < -0.3 is 21.1 Å². The Kier molecular flexibility index (Phi) is 6.43. The molecular formula is C26H29N7O2. The number of β-amino-alcohol motifs (C(OH)–C–C–N with tert-alkyl or cyclic N) is 1. The number of H-pyrrole nitrogens is 1. The molecule has 4 heterocycles. The maximum Gasteiger partial charge on any atom is 0.252 e. The van der Waals surface area contributed by atoms with E-state index in [4.69, 9.17) is 10.7 Å². The largest absolute Gasteiger partial charge is 0.392 e. The van der Waals surface area contributed by atoms with E-state index in [0.717, 1.165) is 49.2 Å². The summed E-state index contributed by atoms with van der Waals surface area (Å²) in [5, 5.41) is 13.5. The second-order valence-electron chi connectivity index (χ2n) is 8.88. The number of aromatic nitrogens is 4. The van der Waals surface area contributed by atoms with Crippen LogP contribution in [0.4, 0.5) is 11.4 Å². The molecule has 0 aliphatic carbocycles. The van der Waals surface area contributed by atoms with Crippen molar-refractivity contribution in [3.8, 4) is 11.4 Å². The molecule has 0 saturated carbocycles. The number of carbonyl (C=O) groups is 1. The van der Waals surface area contributed by atoms with Gasteiger partial charge in [0.1, 0.15) is 11.3 Å². The van der Waals surface area contributed by atoms with Gasteiger partial charge in [0.15, 0.2) is 5.65 Å². The first-order valence-corrected chi connectivity index (χ1v) is 11.9. The Labute approximate surface area is 203 Å². The van der Waals surface area contributed by atoms with Crippen molar-refractivity contribution in [2.75, 3.05) is 18.4 Å². The zero-order valence-corrected chi connectivity index (χ0v) is 19.7. The number of hydrogen-bond acceptors (Lipinski definition) is 7. The van der Waals surface area contributed by atoms with Crippen LogP contribution in [0.15, 0.2) is 48.9 Å². The molecule has 1 unspecified atom stereocenters. The molecule has 1 saturated heterocycles. The van der Waals surface area contributed by atoms with Gasteiger partial charge in [0, 0.05) is 42.9 Å². The summed E-state index contributed by atoms with van der Waals surface area (Å²) in [6, 6.07) is 9.84. The van der Waals surface area contributed by atoms with E-state index in [2.05, 4.69) is 38.2 Å². The average molecular weight is 472 g/mol. The van der Waals surface area contributed by atoms with E-state index in [0.29, 0.717) is 29.2 Å². The molecule has 35 heavy (non-hydrogen) atoms. The first kappa shape index (κ1) is 22.9. The molecule has 0 radical (unpaired) electrons. The molecule has 1 aliphatic heterocycles. The van der Waals surface area contributed by atoms with E-state index < -0.39 is 5.91 Å². The quantitative estimate of drug-likeness (QED) is 0.325. The molecular weight excluding hydrogens is 442 g/mol. The molecule has 9 nitrogen and oxygen atoms in total. The lowest BCUT2D eigenvalue weighted by Gasteiger charge is -2.31. The number of carbonyl (C=O) groups excluding carboxylic acids is 1. The Balaban J connectivity index is 1.54. The minimum absolute atomic E-state index is 0.271. The number of anilines is 2. The number of amides is 1. The molecule has 1 amide bonds. The predicted octanol–water partition coefficient (Wildman–Crippen LogP) is 3.38. The van der Waals surface area contributed by atoms with Gasteiger partial charge in [-0.2, -0.15) is 0 Å². The lowest BCUT2D eigenvalue weighted by molar-refractivity contribution is 0.0667. The topological polar surface area (TPSA) is 133 Å². The van der Waals surface area contributed by atoms with Gasteiger partial charge in [-0.25, -0.2) is 9.97 Å². The number of rotatable bonds is 7. The minimum atomic E-state index is -0.577. The van der Waals surface area contributed by atoms with Gasteiger partial charge in [0.05, 0.1) is 17.4 Å². The number of piperidine rings is 1. The van der Waals surface area contributed by atoms with E-state index in [9.17, 15) is 9.90 Å². The van der Waals surface area contributed by atoms with Gasteiger partial charge in [-0.15, -0.1) is 0 Å². The molecule has 1 fully saturated rings. The summed E-state index contributed by atoms with van der Waals surface area (Å²) in [6.07, 6.45) is 7.26. The highest BCUT2D eigenvalue weighted by Gasteiger charge is 2.21. The fraction of sp³-hybridized carbons (Fsp3) is 0.308. The fourth-order valence-corrected chi connectivity index (χ4v) is 4.78. The number of nitrogens with one attached hydrogen (secondary N) is 2. The lowest BCUT2D eigenvalue weighted by Crippen LogP contribution is -2.37. The first-order valence-electron chi connectivity index (χ1n) is 11.9. The first-order chi connectivity index (χ1) is 17.0. The number of nitrogens with two attached hydrogens (primary N) is 1. The Morgan fingerprint density at radius 1 is 1.29 bits per heavy atom. The molecule has 0 bridgehead atoms. The molecule has 1 atom stereocenters. The van der Waals surface area contributed by atoms with E-state index in [1.165, 1.54) is 11.8 Å². The van der Waals surface area contributed by atoms with Crippen LogP contribution in [-0.4, -0.2) is 55.0 Å². The highest BCUT2D eigenvalue weighted by molar-refractivity contribution is 6.06. The van der Waals surface area contributed by atoms with Crippen LogP contribution in [-0.2, 0) is 13.0 Å². The number of imidazole rings is 1. The van der Waals surface area contributed by atoms with E-state index in [1.807, 2.05) is 24.3 Å². The number of aromatic amines is 1. The average Bonchev–Trinajstić information content (AvgIpc) is 3.30. The lowest BCUT2D eigenvalue weighted by atomic mass is 10.00. The van der Waals surface area contributed by atoms with Crippen LogP contribution in [0.2, 0.25) is 0 Å². The summed E-state index contributed by atoms with van der Waals surface area (Å²) in [6.45, 7) is 4.53. The van der Waals surface area contributed by atoms with Crippen LogP contribution < -0.4 is 11.1 Å². The molecule has 9 heteroatoms. The summed E-state index contributed by atoms with van der Waals surface area (Å²) in [7, 11) is 0. The predicted molar refractivity (Wildman–Crippen MR) is 135 cm³/mol. The van der Waals surface area contributed by atoms with Crippen molar-refractivity contribution in [2.24, 2.45) is 5.73 Å². The van der Waals surface area contributed by atoms with E-state index in [-0.39, 0.29) is 11.7 Å². The number of pyridine rings is 2. The standard InChI is InChI=1S/C26H29N7O2/c1-2-19-17(14-33-12-4-6-18(34)15-33)5-3-7-21(19)30-22-20(24(27)35)13-29-26-23(22)31-25(32-26)16-8-10-28-11-9-16/h3,5,7-11,13,18,34H,2,4,6,12,14-15H2,1H3,(H2,27,35)(H2,29,30,31,32). The van der Waals surface area contributed by atoms with Crippen LogP contribution in [0.5, 0.6) is 0 Å². The van der Waals surface area contributed by atoms with Crippen molar-refractivity contribution in [3.05, 3.63) is 65.6 Å². The van der Waals surface area contributed by atoms with Crippen LogP contribution >= 0.6 is 0 Å². The number of primary amides is 1. The van der Waals surface area contributed by atoms with Gasteiger partial charge in [-0.1, -0.05) is 19.1 Å². The van der Waals surface area contributed by atoms with Gasteiger partial charge in [-0.3, -0.25) is 14.7 Å². The Hall–Kier alpha value is -3.82. The van der Waals surface area contributed by atoms with Crippen LogP contribution in [0, 0.1) is 0 Å². The minimum Gasteiger partial charge on any atom is -0.392 e. The number of aliphatic hydroxyl groups is 1. The Morgan fingerprint density at radius 2 is 2.11 bits per heavy atom. The molecule has 0 spiro atoms. The molecule has 5 rings (SSSR count). The Morgan fingerprint density at radius 3 is 2.86 bits per heavy atom. The van der Waals surface area contributed by atoms with Crippen molar-refractivity contribution < 1.29 is 9.90 Å². The smallest absolute Gasteiger partial charge is 0.252 e.